The summed E-state index contributed by atoms with van der Waals surface area (Å²) in [6.07, 6.45) is -5.24. The molecule has 1 aromatic rings. The van der Waals surface area contributed by atoms with Gasteiger partial charge in [-0.05, 0) is 19.1 Å². The molecule has 0 aliphatic carbocycles. The van der Waals surface area contributed by atoms with Crippen LogP contribution in [0.15, 0.2) is 24.3 Å². The number of hydrogen-bond donors (Lipinski definition) is 2. The van der Waals surface area contributed by atoms with Gasteiger partial charge in [0.25, 0.3) is 17.5 Å². The van der Waals surface area contributed by atoms with Crippen LogP contribution in [0.1, 0.15) is 17.3 Å². The van der Waals surface area contributed by atoms with E-state index < -0.39 is 29.7 Å². The zero-order valence-corrected chi connectivity index (χ0v) is 12.7. The number of likely N-dealkylation sites (N-methyl/N-ethyl adjacent to an activating group) is 1. The van der Waals surface area contributed by atoms with Gasteiger partial charge in [0.05, 0.1) is 12.2 Å². The number of nitrogens with one attached hydrogen (secondary N) is 2. The smallest absolute Gasteiger partial charge is 0.440 e. The lowest BCUT2D eigenvalue weighted by atomic mass is 10.1. The first-order chi connectivity index (χ1) is 11.1. The molecule has 1 saturated heterocycles. The number of imide groups is 1. The first kappa shape index (κ1) is 17.6. The second-order valence-electron chi connectivity index (χ2n) is 4.93. The third-order valence-corrected chi connectivity index (χ3v) is 3.38. The first-order valence-corrected chi connectivity index (χ1v) is 6.85. The molecule has 0 spiro atoms. The molecule has 130 valence electrons. The zero-order valence-electron chi connectivity index (χ0n) is 12.7. The van der Waals surface area contributed by atoms with Crippen molar-refractivity contribution in [3.63, 3.8) is 0 Å². The van der Waals surface area contributed by atoms with Crippen molar-refractivity contribution in [2.75, 3.05) is 13.7 Å². The van der Waals surface area contributed by atoms with Gasteiger partial charge in [0, 0.05) is 7.05 Å². The Morgan fingerprint density at radius 2 is 1.96 bits per heavy atom. The number of para-hydroxylation sites is 1. The molecule has 10 heteroatoms. The number of halogens is 3. The second-order valence-corrected chi connectivity index (χ2v) is 4.93. The number of carbonyl (C=O) groups is 3. The largest absolute Gasteiger partial charge is 0.493 e. The SMILES string of the molecule is CCOc1ccccc1C(=O)NC1(C(F)(F)F)NC(=O)N(C)C1=O. The molecule has 1 atom stereocenters. The minimum Gasteiger partial charge on any atom is -0.493 e. The van der Waals surface area contributed by atoms with Gasteiger partial charge in [0.1, 0.15) is 5.75 Å². The van der Waals surface area contributed by atoms with Crippen LogP contribution in [0.3, 0.4) is 0 Å². The molecule has 1 heterocycles. The van der Waals surface area contributed by atoms with Gasteiger partial charge in [-0.25, -0.2) is 4.79 Å². The lowest BCUT2D eigenvalue weighted by molar-refractivity contribution is -0.199. The molecular formula is C14H14F3N3O4. The summed E-state index contributed by atoms with van der Waals surface area (Å²) in [5.41, 5.74) is -3.71. The molecule has 2 rings (SSSR count). The van der Waals surface area contributed by atoms with Crippen molar-refractivity contribution in [2.45, 2.75) is 18.8 Å². The topological polar surface area (TPSA) is 87.7 Å². The quantitative estimate of drug-likeness (QED) is 0.804. The highest BCUT2D eigenvalue weighted by molar-refractivity contribution is 6.10. The van der Waals surface area contributed by atoms with E-state index in [0.29, 0.717) is 0 Å². The van der Waals surface area contributed by atoms with E-state index in [4.69, 9.17) is 4.74 Å². The molecule has 1 fully saturated rings. The summed E-state index contributed by atoms with van der Waals surface area (Å²) in [5, 5.41) is 3.09. The van der Waals surface area contributed by atoms with Crippen molar-refractivity contribution in [3.8, 4) is 5.75 Å². The average molecular weight is 345 g/mol. The van der Waals surface area contributed by atoms with Crippen LogP contribution in [0.2, 0.25) is 0 Å². The number of ether oxygens (including phenoxy) is 1. The van der Waals surface area contributed by atoms with E-state index in [9.17, 15) is 27.6 Å². The molecular weight excluding hydrogens is 331 g/mol. The van der Waals surface area contributed by atoms with Gasteiger partial charge in [0.2, 0.25) is 0 Å². The van der Waals surface area contributed by atoms with Crippen molar-refractivity contribution in [1.29, 1.82) is 0 Å². The van der Waals surface area contributed by atoms with Crippen molar-refractivity contribution >= 4 is 17.8 Å². The molecule has 2 N–H and O–H groups in total. The monoisotopic (exact) mass is 345 g/mol. The molecule has 0 saturated carbocycles. The fraction of sp³-hybridized carbons (Fsp3) is 0.357. The normalized spacial score (nSPS) is 20.8. The standard InChI is InChI=1S/C14H14F3N3O4/c1-3-24-9-7-5-4-6-8(9)10(21)18-13(14(15,16)17)11(22)20(2)12(23)19-13/h4-7H,3H2,1-2H3,(H,18,21)(H,19,23). The molecule has 0 radical (unpaired) electrons. The Kier molecular flexibility index (Phi) is 4.41. The Hall–Kier alpha value is -2.78. The van der Waals surface area contributed by atoms with Gasteiger partial charge in [-0.15, -0.1) is 0 Å². The number of amides is 4. The van der Waals surface area contributed by atoms with E-state index in [0.717, 1.165) is 7.05 Å². The van der Waals surface area contributed by atoms with E-state index in [1.165, 1.54) is 29.6 Å². The van der Waals surface area contributed by atoms with Gasteiger partial charge < -0.3 is 10.1 Å². The maximum absolute atomic E-state index is 13.4. The average Bonchev–Trinajstić information content (AvgIpc) is 2.73. The van der Waals surface area contributed by atoms with Crippen molar-refractivity contribution in [2.24, 2.45) is 0 Å². The number of alkyl halides is 3. The van der Waals surface area contributed by atoms with Gasteiger partial charge in [0.15, 0.2) is 0 Å². The van der Waals surface area contributed by atoms with Crippen LogP contribution in [0.5, 0.6) is 5.75 Å². The highest BCUT2D eigenvalue weighted by Gasteiger charge is 2.68. The Morgan fingerprint density at radius 3 is 2.46 bits per heavy atom. The minimum atomic E-state index is -5.24. The molecule has 0 bridgehead atoms. The van der Waals surface area contributed by atoms with Crippen LogP contribution < -0.4 is 15.4 Å². The van der Waals surface area contributed by atoms with Crippen LogP contribution in [0.4, 0.5) is 18.0 Å². The Labute approximate surface area is 134 Å². The highest BCUT2D eigenvalue weighted by Crippen LogP contribution is 2.34. The van der Waals surface area contributed by atoms with E-state index in [2.05, 4.69) is 0 Å². The number of carbonyl (C=O) groups excluding carboxylic acids is 3. The van der Waals surface area contributed by atoms with Crippen LogP contribution >= 0.6 is 0 Å². The van der Waals surface area contributed by atoms with E-state index in [-0.39, 0.29) is 22.8 Å². The zero-order chi connectivity index (χ0) is 18.1. The lowest BCUT2D eigenvalue weighted by Gasteiger charge is -2.29. The van der Waals surface area contributed by atoms with E-state index in [1.54, 1.807) is 12.2 Å². The number of nitrogens with zero attached hydrogens (tertiary/aromatic N) is 1. The summed E-state index contributed by atoms with van der Waals surface area (Å²) in [6, 6.07) is 4.35. The predicted octanol–water partition coefficient (Wildman–Crippen LogP) is 1.26. The number of hydrogen-bond acceptors (Lipinski definition) is 4. The number of urea groups is 1. The molecule has 1 aliphatic heterocycles. The van der Waals surface area contributed by atoms with Crippen LogP contribution in [0.25, 0.3) is 0 Å². The van der Waals surface area contributed by atoms with Crippen molar-refractivity contribution < 1.29 is 32.3 Å². The van der Waals surface area contributed by atoms with Crippen molar-refractivity contribution in [1.82, 2.24) is 15.5 Å². The predicted molar refractivity (Wildman–Crippen MR) is 75.2 cm³/mol. The summed E-state index contributed by atoms with van der Waals surface area (Å²) in [4.78, 5) is 35.9. The maximum Gasteiger partial charge on any atom is 0.440 e. The molecule has 1 unspecified atom stereocenters. The Bertz CT molecular complexity index is 692. The van der Waals surface area contributed by atoms with Gasteiger partial charge in [-0.2, -0.15) is 13.2 Å². The maximum atomic E-state index is 13.4. The summed E-state index contributed by atoms with van der Waals surface area (Å²) in [6.45, 7) is 1.83. The third-order valence-electron chi connectivity index (χ3n) is 3.38. The summed E-state index contributed by atoms with van der Waals surface area (Å²) in [5.74, 6) is -2.78. The molecule has 0 aromatic heterocycles. The fourth-order valence-electron chi connectivity index (χ4n) is 2.16. The fourth-order valence-corrected chi connectivity index (χ4v) is 2.16. The van der Waals surface area contributed by atoms with Gasteiger partial charge >= 0.3 is 12.2 Å². The van der Waals surface area contributed by atoms with Gasteiger partial charge in [-0.3, -0.25) is 19.8 Å². The first-order valence-electron chi connectivity index (χ1n) is 6.85. The Morgan fingerprint density at radius 1 is 1.33 bits per heavy atom. The highest BCUT2D eigenvalue weighted by atomic mass is 19.4. The Balaban J connectivity index is 2.41. The molecule has 24 heavy (non-hydrogen) atoms. The van der Waals surface area contributed by atoms with Crippen LogP contribution in [0, 0.1) is 0 Å². The van der Waals surface area contributed by atoms with Crippen LogP contribution in [-0.2, 0) is 4.79 Å². The molecule has 1 aliphatic rings. The number of rotatable bonds is 4. The van der Waals surface area contributed by atoms with E-state index in [1.807, 2.05) is 0 Å². The summed E-state index contributed by atoms with van der Waals surface area (Å²) < 4.78 is 45.5. The number of benzene rings is 1. The second kappa shape index (κ2) is 6.02. The van der Waals surface area contributed by atoms with E-state index >= 15 is 0 Å². The van der Waals surface area contributed by atoms with Crippen LogP contribution in [-0.4, -0.2) is 48.2 Å². The third kappa shape index (κ3) is 2.74. The molecule has 7 nitrogen and oxygen atoms in total. The van der Waals surface area contributed by atoms with Gasteiger partial charge in [-0.1, -0.05) is 12.1 Å². The summed E-state index contributed by atoms with van der Waals surface area (Å²) in [7, 11) is 0.880. The molecule has 1 aromatic carbocycles. The summed E-state index contributed by atoms with van der Waals surface area (Å²) >= 11 is 0. The minimum absolute atomic E-state index is 0.0555. The molecule has 4 amide bonds. The lowest BCUT2D eigenvalue weighted by Crippen LogP contribution is -2.69. The van der Waals surface area contributed by atoms with Crippen molar-refractivity contribution in [3.05, 3.63) is 29.8 Å².